The zero-order chi connectivity index (χ0) is 14.7. The maximum Gasteiger partial charge on any atom is 0.241 e. The summed E-state index contributed by atoms with van der Waals surface area (Å²) < 4.78 is 7.10. The minimum Gasteiger partial charge on any atom is -0.497 e. The Balaban J connectivity index is 1.80. The molecule has 3 N–H and O–H groups in total. The average molecular weight is 287 g/mol. The fourth-order valence-electron chi connectivity index (χ4n) is 2.81. The van der Waals surface area contributed by atoms with Crippen LogP contribution in [0.3, 0.4) is 0 Å². The largest absolute Gasteiger partial charge is 0.497 e. The van der Waals surface area contributed by atoms with Crippen LogP contribution in [0.25, 0.3) is 0 Å². The molecular weight excluding hydrogens is 266 g/mol. The van der Waals surface area contributed by atoms with Gasteiger partial charge in [-0.05, 0) is 37.1 Å². The monoisotopic (exact) mass is 287 g/mol. The number of aromatic nitrogens is 3. The molecule has 6 heteroatoms. The van der Waals surface area contributed by atoms with Crippen LogP contribution in [0, 0.1) is 0 Å². The minimum atomic E-state index is 0.316. The number of hydrogen-bond donors (Lipinski definition) is 2. The molecule has 0 spiro atoms. The van der Waals surface area contributed by atoms with E-state index in [-0.39, 0.29) is 0 Å². The van der Waals surface area contributed by atoms with E-state index in [1.807, 2.05) is 28.9 Å². The summed E-state index contributed by atoms with van der Waals surface area (Å²) >= 11 is 0. The second-order valence-electron chi connectivity index (χ2n) is 5.38. The van der Waals surface area contributed by atoms with Crippen molar-refractivity contribution in [2.24, 2.45) is 0 Å². The van der Waals surface area contributed by atoms with E-state index in [1.54, 1.807) is 7.11 Å². The molecule has 3 rings (SSSR count). The molecular formula is C15H21N5O. The Labute approximate surface area is 124 Å². The Morgan fingerprint density at radius 3 is 2.57 bits per heavy atom. The number of rotatable bonds is 4. The molecule has 1 aliphatic carbocycles. The average Bonchev–Trinajstić information content (AvgIpc) is 2.89. The predicted octanol–water partition coefficient (Wildman–Crippen LogP) is 3.12. The van der Waals surface area contributed by atoms with Gasteiger partial charge in [-0.15, -0.1) is 5.10 Å². The van der Waals surface area contributed by atoms with Gasteiger partial charge in [0.15, 0.2) is 0 Å². The molecule has 112 valence electrons. The summed E-state index contributed by atoms with van der Waals surface area (Å²) in [5.41, 5.74) is 6.73. The first-order valence-corrected chi connectivity index (χ1v) is 7.39. The predicted molar refractivity (Wildman–Crippen MR) is 82.8 cm³/mol. The number of nitrogen functional groups attached to an aromatic ring is 1. The number of anilines is 3. The fourth-order valence-corrected chi connectivity index (χ4v) is 2.81. The lowest BCUT2D eigenvalue weighted by Gasteiger charge is -2.23. The number of nitrogens with one attached hydrogen (secondary N) is 1. The molecule has 0 radical (unpaired) electrons. The lowest BCUT2D eigenvalue weighted by molar-refractivity contribution is 0.333. The van der Waals surface area contributed by atoms with Gasteiger partial charge in [0.25, 0.3) is 0 Å². The van der Waals surface area contributed by atoms with E-state index in [1.165, 1.54) is 19.3 Å². The van der Waals surface area contributed by atoms with E-state index < -0.39 is 0 Å². The number of methoxy groups -OCH3 is 1. The Morgan fingerprint density at radius 1 is 1.19 bits per heavy atom. The molecule has 1 aromatic heterocycles. The lowest BCUT2D eigenvalue weighted by atomic mass is 9.96. The van der Waals surface area contributed by atoms with Crippen LogP contribution >= 0.6 is 0 Å². The zero-order valence-electron chi connectivity index (χ0n) is 12.2. The first-order valence-electron chi connectivity index (χ1n) is 7.39. The molecule has 21 heavy (non-hydrogen) atoms. The van der Waals surface area contributed by atoms with E-state index in [4.69, 9.17) is 10.5 Å². The summed E-state index contributed by atoms with van der Waals surface area (Å²) in [6, 6.07) is 8.12. The molecule has 0 atom stereocenters. The van der Waals surface area contributed by atoms with E-state index >= 15 is 0 Å². The Kier molecular flexibility index (Phi) is 3.94. The first-order chi connectivity index (χ1) is 10.3. The first kappa shape index (κ1) is 13.7. The second-order valence-corrected chi connectivity index (χ2v) is 5.38. The maximum atomic E-state index is 5.78. The van der Waals surface area contributed by atoms with E-state index in [0.717, 1.165) is 24.3 Å². The Bertz CT molecular complexity index is 587. The van der Waals surface area contributed by atoms with Crippen LogP contribution < -0.4 is 15.8 Å². The number of benzene rings is 1. The SMILES string of the molecule is COc1ccc(Nc2nc(N)nn2C2CCCCC2)cc1. The van der Waals surface area contributed by atoms with Gasteiger partial charge in [-0.25, -0.2) is 4.68 Å². The standard InChI is InChI=1S/C15H21N5O/c1-21-13-9-7-11(8-10-13)17-15-18-14(16)19-20(15)12-5-3-2-4-6-12/h7-10,12H,2-6H2,1H3,(H3,16,17,18,19). The van der Waals surface area contributed by atoms with Gasteiger partial charge in [0.2, 0.25) is 11.9 Å². The number of ether oxygens (including phenoxy) is 1. The Morgan fingerprint density at radius 2 is 1.90 bits per heavy atom. The number of nitrogens with two attached hydrogens (primary N) is 1. The van der Waals surface area contributed by atoms with Gasteiger partial charge in [-0.3, -0.25) is 0 Å². The fraction of sp³-hybridized carbons (Fsp3) is 0.467. The van der Waals surface area contributed by atoms with Crippen molar-refractivity contribution in [1.29, 1.82) is 0 Å². The molecule has 0 unspecified atom stereocenters. The molecule has 1 aromatic carbocycles. The van der Waals surface area contributed by atoms with Crippen molar-refractivity contribution >= 4 is 17.6 Å². The maximum absolute atomic E-state index is 5.78. The van der Waals surface area contributed by atoms with Gasteiger partial charge in [0.1, 0.15) is 5.75 Å². The third-order valence-electron chi connectivity index (χ3n) is 3.91. The normalized spacial score (nSPS) is 15.9. The molecule has 1 saturated carbocycles. The minimum absolute atomic E-state index is 0.316. The summed E-state index contributed by atoms with van der Waals surface area (Å²) in [5, 5.41) is 7.66. The van der Waals surface area contributed by atoms with Crippen LogP contribution in [0.15, 0.2) is 24.3 Å². The van der Waals surface area contributed by atoms with Gasteiger partial charge in [0, 0.05) is 5.69 Å². The lowest BCUT2D eigenvalue weighted by Crippen LogP contribution is -2.16. The van der Waals surface area contributed by atoms with Crippen molar-refractivity contribution in [3.63, 3.8) is 0 Å². The molecule has 0 bridgehead atoms. The van der Waals surface area contributed by atoms with Crippen LogP contribution in [0.1, 0.15) is 38.1 Å². The summed E-state index contributed by atoms with van der Waals surface area (Å²) in [6.45, 7) is 0. The van der Waals surface area contributed by atoms with Crippen molar-refractivity contribution in [3.05, 3.63) is 24.3 Å². The Hall–Kier alpha value is -2.24. The van der Waals surface area contributed by atoms with Crippen molar-refractivity contribution in [2.75, 3.05) is 18.2 Å². The van der Waals surface area contributed by atoms with Crippen molar-refractivity contribution < 1.29 is 4.74 Å². The van der Waals surface area contributed by atoms with Crippen molar-refractivity contribution in [1.82, 2.24) is 14.8 Å². The molecule has 1 heterocycles. The van der Waals surface area contributed by atoms with E-state index in [2.05, 4.69) is 15.4 Å². The quantitative estimate of drug-likeness (QED) is 0.903. The zero-order valence-corrected chi connectivity index (χ0v) is 12.2. The summed E-state index contributed by atoms with van der Waals surface area (Å²) in [4.78, 5) is 4.31. The van der Waals surface area contributed by atoms with E-state index in [9.17, 15) is 0 Å². The molecule has 0 aliphatic heterocycles. The van der Waals surface area contributed by atoms with Crippen molar-refractivity contribution in [2.45, 2.75) is 38.1 Å². The number of hydrogen-bond acceptors (Lipinski definition) is 5. The second kappa shape index (κ2) is 6.03. The van der Waals surface area contributed by atoms with Crippen molar-refractivity contribution in [3.8, 4) is 5.75 Å². The van der Waals surface area contributed by atoms with Crippen LogP contribution in [0.5, 0.6) is 5.75 Å². The molecule has 1 aliphatic rings. The summed E-state index contributed by atoms with van der Waals surface area (Å²) in [5.74, 6) is 1.86. The molecule has 6 nitrogen and oxygen atoms in total. The molecule has 0 amide bonds. The molecule has 0 saturated heterocycles. The summed E-state index contributed by atoms with van der Waals surface area (Å²) in [7, 11) is 1.66. The topological polar surface area (TPSA) is 78.0 Å². The summed E-state index contributed by atoms with van der Waals surface area (Å²) in [6.07, 6.45) is 6.07. The van der Waals surface area contributed by atoms with Gasteiger partial charge in [-0.1, -0.05) is 19.3 Å². The van der Waals surface area contributed by atoms with Crippen LogP contribution in [0.2, 0.25) is 0 Å². The third-order valence-corrected chi connectivity index (χ3v) is 3.91. The highest BCUT2D eigenvalue weighted by molar-refractivity contribution is 5.55. The number of nitrogens with zero attached hydrogens (tertiary/aromatic N) is 3. The van der Waals surface area contributed by atoms with Gasteiger partial charge in [0.05, 0.1) is 13.2 Å². The molecule has 2 aromatic rings. The van der Waals surface area contributed by atoms with Gasteiger partial charge in [-0.2, -0.15) is 4.98 Å². The van der Waals surface area contributed by atoms with Crippen LogP contribution in [-0.2, 0) is 0 Å². The van der Waals surface area contributed by atoms with Gasteiger partial charge < -0.3 is 15.8 Å². The highest BCUT2D eigenvalue weighted by Gasteiger charge is 2.20. The van der Waals surface area contributed by atoms with Gasteiger partial charge >= 0.3 is 0 Å². The smallest absolute Gasteiger partial charge is 0.241 e. The highest BCUT2D eigenvalue weighted by atomic mass is 16.5. The highest BCUT2D eigenvalue weighted by Crippen LogP contribution is 2.31. The third kappa shape index (κ3) is 3.09. The van der Waals surface area contributed by atoms with Crippen LogP contribution in [-0.4, -0.2) is 21.9 Å². The molecule has 1 fully saturated rings. The van der Waals surface area contributed by atoms with Crippen LogP contribution in [0.4, 0.5) is 17.6 Å². The van der Waals surface area contributed by atoms with E-state index in [0.29, 0.717) is 17.9 Å².